The minimum Gasteiger partial charge on any atom is -0.437 e. The van der Waals surface area contributed by atoms with E-state index >= 15 is 0 Å². The summed E-state index contributed by atoms with van der Waals surface area (Å²) in [5, 5.41) is 2.17. The van der Waals surface area contributed by atoms with Crippen LogP contribution in [0.4, 0.5) is 0 Å². The molecule has 5 heteroatoms. The van der Waals surface area contributed by atoms with Crippen LogP contribution in [0.15, 0.2) is 51.7 Å². The van der Waals surface area contributed by atoms with Gasteiger partial charge in [0.25, 0.3) is 0 Å². The fourth-order valence-corrected chi connectivity index (χ4v) is 4.05. The maximum atomic E-state index is 12.6. The van der Waals surface area contributed by atoms with Crippen LogP contribution in [0.3, 0.4) is 0 Å². The summed E-state index contributed by atoms with van der Waals surface area (Å²) in [4.78, 5) is 17.3. The molecule has 0 N–H and O–H groups in total. The second-order valence-corrected chi connectivity index (χ2v) is 7.00. The first-order valence-corrected chi connectivity index (χ1v) is 8.75. The Labute approximate surface area is 154 Å². The Morgan fingerprint density at radius 3 is 2.73 bits per heavy atom. The van der Waals surface area contributed by atoms with Crippen LogP contribution in [0.2, 0.25) is 5.02 Å². The number of ether oxygens (including phenoxy) is 1. The molecule has 2 aromatic carbocycles. The van der Waals surface area contributed by atoms with E-state index in [1.54, 1.807) is 6.07 Å². The van der Waals surface area contributed by atoms with E-state index in [1.807, 2.05) is 50.2 Å². The highest BCUT2D eigenvalue weighted by Crippen LogP contribution is 2.48. The monoisotopic (exact) mass is 363 g/mol. The third-order valence-electron chi connectivity index (χ3n) is 4.94. The number of fused-ring (bicyclic) bond motifs is 5. The van der Waals surface area contributed by atoms with Gasteiger partial charge in [-0.2, -0.15) is 0 Å². The lowest BCUT2D eigenvalue weighted by Gasteiger charge is -2.26. The van der Waals surface area contributed by atoms with Crippen molar-refractivity contribution in [3.8, 4) is 11.6 Å². The summed E-state index contributed by atoms with van der Waals surface area (Å²) >= 11 is 6.66. The number of pyridine rings is 1. The normalized spacial score (nSPS) is 15.6. The molecule has 0 fully saturated rings. The predicted molar refractivity (Wildman–Crippen MR) is 102 cm³/mol. The molecule has 0 bridgehead atoms. The molecule has 26 heavy (non-hydrogen) atoms. The van der Waals surface area contributed by atoms with Gasteiger partial charge in [0.2, 0.25) is 5.88 Å². The summed E-state index contributed by atoms with van der Waals surface area (Å²) in [5.74, 6) is 0.681. The second-order valence-electron chi connectivity index (χ2n) is 6.62. The van der Waals surface area contributed by atoms with Gasteiger partial charge >= 0.3 is 5.63 Å². The Morgan fingerprint density at radius 2 is 1.88 bits per heavy atom. The molecule has 0 saturated carbocycles. The van der Waals surface area contributed by atoms with Gasteiger partial charge in [0.15, 0.2) is 5.75 Å². The fraction of sp³-hybridized carbons (Fsp3) is 0.143. The van der Waals surface area contributed by atoms with Gasteiger partial charge in [-0.1, -0.05) is 48.4 Å². The van der Waals surface area contributed by atoms with Gasteiger partial charge in [0.1, 0.15) is 5.58 Å². The second kappa shape index (κ2) is 5.32. The molecule has 2 aromatic heterocycles. The Morgan fingerprint density at radius 1 is 1.08 bits per heavy atom. The average molecular weight is 364 g/mol. The molecule has 0 radical (unpaired) electrons. The minimum absolute atomic E-state index is 0.278. The van der Waals surface area contributed by atoms with Crippen LogP contribution in [0.1, 0.15) is 29.5 Å². The predicted octanol–water partition coefficient (Wildman–Crippen LogP) is 5.56. The molecule has 4 nitrogen and oxygen atoms in total. The number of hydrogen-bond acceptors (Lipinski definition) is 4. The van der Waals surface area contributed by atoms with Gasteiger partial charge in [0, 0.05) is 16.9 Å². The van der Waals surface area contributed by atoms with E-state index in [0.717, 1.165) is 27.4 Å². The van der Waals surface area contributed by atoms with Crippen LogP contribution in [0, 0.1) is 6.92 Å². The molecular formula is C21H14ClNO3. The maximum absolute atomic E-state index is 12.6. The van der Waals surface area contributed by atoms with Crippen molar-refractivity contribution >= 4 is 33.5 Å². The molecule has 0 amide bonds. The number of halogens is 1. The molecule has 0 saturated heterocycles. The van der Waals surface area contributed by atoms with E-state index in [-0.39, 0.29) is 5.92 Å². The van der Waals surface area contributed by atoms with E-state index in [2.05, 4.69) is 4.98 Å². The molecule has 1 atom stereocenters. The summed E-state index contributed by atoms with van der Waals surface area (Å²) in [7, 11) is 0. The lowest BCUT2D eigenvalue weighted by atomic mass is 9.90. The summed E-state index contributed by atoms with van der Waals surface area (Å²) in [5.41, 5.74) is 3.11. The number of aryl methyl sites for hydroxylation is 1. The van der Waals surface area contributed by atoms with Crippen molar-refractivity contribution in [2.45, 2.75) is 19.8 Å². The molecule has 4 aromatic rings. The van der Waals surface area contributed by atoms with Gasteiger partial charge in [0.05, 0.1) is 21.5 Å². The van der Waals surface area contributed by atoms with Crippen LogP contribution < -0.4 is 10.4 Å². The quantitative estimate of drug-likeness (QED) is 0.384. The topological polar surface area (TPSA) is 52.3 Å². The van der Waals surface area contributed by atoms with E-state index in [9.17, 15) is 4.79 Å². The highest BCUT2D eigenvalue weighted by atomic mass is 35.5. The van der Waals surface area contributed by atoms with Crippen molar-refractivity contribution in [2.75, 3.05) is 0 Å². The van der Waals surface area contributed by atoms with Crippen molar-refractivity contribution in [1.29, 1.82) is 0 Å². The number of aromatic nitrogens is 1. The number of nitrogens with zero attached hydrogens (tertiary/aromatic N) is 1. The van der Waals surface area contributed by atoms with E-state index in [4.69, 9.17) is 20.8 Å². The standard InChI is InChI=1S/C21H14ClNO3/c1-10-7-8-15-13(9-10)19-17(21(24)25-15)11(2)16-18(22)12-5-3-4-6-14(12)23-20(16)26-19/h3-9,11H,1-2H3. The molecule has 1 aliphatic rings. The maximum Gasteiger partial charge on any atom is 0.343 e. The van der Waals surface area contributed by atoms with Crippen molar-refractivity contribution < 1.29 is 9.15 Å². The van der Waals surface area contributed by atoms with Gasteiger partial charge in [-0.05, 0) is 25.1 Å². The number of benzene rings is 2. The Kier molecular flexibility index (Phi) is 3.15. The molecule has 0 spiro atoms. The SMILES string of the molecule is Cc1ccc2oc(=O)c3c(c2c1)Oc1nc2ccccc2c(Cl)c1C3C. The van der Waals surface area contributed by atoms with Crippen molar-refractivity contribution in [1.82, 2.24) is 4.98 Å². The molecule has 1 unspecified atom stereocenters. The lowest BCUT2D eigenvalue weighted by Crippen LogP contribution is -2.19. The number of para-hydroxylation sites is 1. The van der Waals surface area contributed by atoms with Crippen LogP contribution in [0.5, 0.6) is 11.6 Å². The average Bonchev–Trinajstić information content (AvgIpc) is 2.62. The highest BCUT2D eigenvalue weighted by molar-refractivity contribution is 6.36. The molecule has 3 heterocycles. The smallest absolute Gasteiger partial charge is 0.343 e. The summed E-state index contributed by atoms with van der Waals surface area (Å²) in [6, 6.07) is 13.3. The molecule has 128 valence electrons. The van der Waals surface area contributed by atoms with Gasteiger partial charge in [-0.3, -0.25) is 0 Å². The zero-order chi connectivity index (χ0) is 18.0. The summed E-state index contributed by atoms with van der Waals surface area (Å²) in [6.07, 6.45) is 0. The zero-order valence-electron chi connectivity index (χ0n) is 14.2. The number of rotatable bonds is 0. The van der Waals surface area contributed by atoms with Crippen LogP contribution in [0.25, 0.3) is 21.9 Å². The molecule has 1 aliphatic heterocycles. The Bertz CT molecular complexity index is 1280. The first-order chi connectivity index (χ1) is 12.5. The summed E-state index contributed by atoms with van der Waals surface area (Å²) in [6.45, 7) is 3.92. The molecule has 0 aliphatic carbocycles. The van der Waals surface area contributed by atoms with Gasteiger partial charge < -0.3 is 9.15 Å². The van der Waals surface area contributed by atoms with Crippen LogP contribution in [-0.4, -0.2) is 4.98 Å². The highest BCUT2D eigenvalue weighted by Gasteiger charge is 2.33. The van der Waals surface area contributed by atoms with Crippen molar-refractivity contribution in [3.05, 3.63) is 74.6 Å². The summed E-state index contributed by atoms with van der Waals surface area (Å²) < 4.78 is 11.7. The minimum atomic E-state index is -0.404. The first kappa shape index (κ1) is 15.4. The third-order valence-corrected chi connectivity index (χ3v) is 5.35. The first-order valence-electron chi connectivity index (χ1n) is 8.38. The van der Waals surface area contributed by atoms with Crippen molar-refractivity contribution in [2.24, 2.45) is 0 Å². The van der Waals surface area contributed by atoms with E-state index in [1.165, 1.54) is 0 Å². The van der Waals surface area contributed by atoms with Crippen LogP contribution in [-0.2, 0) is 0 Å². The van der Waals surface area contributed by atoms with Crippen molar-refractivity contribution in [3.63, 3.8) is 0 Å². The third kappa shape index (κ3) is 2.02. The largest absolute Gasteiger partial charge is 0.437 e. The van der Waals surface area contributed by atoms with E-state index in [0.29, 0.717) is 27.8 Å². The fourth-order valence-electron chi connectivity index (χ4n) is 3.65. The Hall–Kier alpha value is -2.85. The number of hydrogen-bond donors (Lipinski definition) is 0. The van der Waals surface area contributed by atoms with Crippen LogP contribution >= 0.6 is 11.6 Å². The lowest BCUT2D eigenvalue weighted by molar-refractivity contribution is 0.422. The van der Waals surface area contributed by atoms with Gasteiger partial charge in [-0.25, -0.2) is 9.78 Å². The molecular weight excluding hydrogens is 350 g/mol. The Balaban J connectivity index is 1.87. The zero-order valence-corrected chi connectivity index (χ0v) is 14.9. The van der Waals surface area contributed by atoms with Gasteiger partial charge in [-0.15, -0.1) is 0 Å². The molecule has 5 rings (SSSR count). The van der Waals surface area contributed by atoms with E-state index < -0.39 is 5.63 Å².